The summed E-state index contributed by atoms with van der Waals surface area (Å²) in [5.74, 6) is 0.868. The predicted octanol–water partition coefficient (Wildman–Crippen LogP) is 3.31. The Morgan fingerprint density at radius 1 is 1.17 bits per heavy atom. The van der Waals surface area contributed by atoms with E-state index in [9.17, 15) is 13.2 Å². The maximum absolute atomic E-state index is 12.2. The molecule has 0 unspecified atom stereocenters. The second kappa shape index (κ2) is 5.84. The Morgan fingerprint density at radius 3 is 2.35 bits per heavy atom. The third kappa shape index (κ3) is 3.82. The monoisotopic (exact) mass is 327 g/mol. The number of alkyl halides is 3. The van der Waals surface area contributed by atoms with Crippen LogP contribution in [0.4, 0.5) is 13.2 Å². The molecule has 124 valence electrons. The largest absolute Gasteiger partial charge is 0.573 e. The van der Waals surface area contributed by atoms with Crippen molar-refractivity contribution in [1.29, 1.82) is 0 Å². The van der Waals surface area contributed by atoms with E-state index < -0.39 is 6.36 Å². The molecular weight excluding hydrogens is 311 g/mol. The van der Waals surface area contributed by atoms with Crippen LogP contribution in [0.5, 0.6) is 5.75 Å². The van der Waals surface area contributed by atoms with Crippen molar-refractivity contribution in [3.05, 3.63) is 41.6 Å². The molecule has 3 rings (SSSR count). The number of halogens is 3. The van der Waals surface area contributed by atoms with E-state index in [0.717, 1.165) is 18.4 Å². The molecule has 0 aliphatic heterocycles. The molecule has 0 spiro atoms. The second-order valence-corrected chi connectivity index (χ2v) is 5.45. The third-order valence-electron chi connectivity index (χ3n) is 3.78. The lowest BCUT2D eigenvalue weighted by molar-refractivity contribution is -0.274. The predicted molar refractivity (Wildman–Crippen MR) is 74.6 cm³/mol. The number of nitrogens with one attached hydrogen (secondary N) is 1. The van der Waals surface area contributed by atoms with E-state index in [1.807, 2.05) is 6.92 Å². The molecule has 8 heteroatoms. The quantitative estimate of drug-likeness (QED) is 0.882. The number of ether oxygens (including phenoxy) is 1. The van der Waals surface area contributed by atoms with E-state index in [2.05, 4.69) is 20.3 Å². The highest BCUT2D eigenvalue weighted by atomic mass is 19.4. The molecule has 5 nitrogen and oxygen atoms in total. The van der Waals surface area contributed by atoms with E-state index in [4.69, 9.17) is 4.42 Å². The summed E-state index contributed by atoms with van der Waals surface area (Å²) in [4.78, 5) is 0. The van der Waals surface area contributed by atoms with Gasteiger partial charge in [0.15, 0.2) is 0 Å². The van der Waals surface area contributed by atoms with E-state index in [1.165, 1.54) is 12.1 Å². The molecule has 1 fully saturated rings. The van der Waals surface area contributed by atoms with Crippen LogP contribution in [-0.4, -0.2) is 16.6 Å². The van der Waals surface area contributed by atoms with Crippen LogP contribution in [0.15, 0.2) is 28.7 Å². The van der Waals surface area contributed by atoms with E-state index in [-0.39, 0.29) is 11.3 Å². The number of nitrogens with zero attached hydrogens (tertiary/aromatic N) is 2. The minimum atomic E-state index is -4.67. The number of hydrogen-bond donors (Lipinski definition) is 1. The van der Waals surface area contributed by atoms with Gasteiger partial charge in [-0.2, -0.15) is 0 Å². The summed E-state index contributed by atoms with van der Waals surface area (Å²) in [5.41, 5.74) is 0.680. The Balaban J connectivity index is 1.63. The van der Waals surface area contributed by atoms with Gasteiger partial charge in [-0.05, 0) is 30.5 Å². The molecule has 1 aliphatic carbocycles. The number of rotatable bonds is 6. The summed E-state index contributed by atoms with van der Waals surface area (Å²) >= 11 is 0. The average Bonchev–Trinajstić information content (AvgIpc) is 3.15. The zero-order chi connectivity index (χ0) is 16.5. The van der Waals surface area contributed by atoms with Crippen molar-refractivity contribution >= 4 is 0 Å². The molecule has 0 saturated heterocycles. The number of hydrogen-bond acceptors (Lipinski definition) is 5. The zero-order valence-corrected chi connectivity index (χ0v) is 12.5. The lowest BCUT2D eigenvalue weighted by atomic mass is 10.0. The maximum Gasteiger partial charge on any atom is 0.573 e. The highest BCUT2D eigenvalue weighted by Gasteiger charge is 2.44. The van der Waals surface area contributed by atoms with Crippen molar-refractivity contribution in [3.8, 4) is 5.75 Å². The van der Waals surface area contributed by atoms with Crippen molar-refractivity contribution < 1.29 is 22.3 Å². The van der Waals surface area contributed by atoms with Gasteiger partial charge in [0.1, 0.15) is 5.75 Å². The topological polar surface area (TPSA) is 60.2 Å². The normalized spacial score (nSPS) is 16.3. The van der Waals surface area contributed by atoms with Gasteiger partial charge < -0.3 is 9.15 Å². The van der Waals surface area contributed by atoms with E-state index in [0.29, 0.717) is 24.7 Å². The Kier molecular flexibility index (Phi) is 4.01. The van der Waals surface area contributed by atoms with E-state index >= 15 is 0 Å². The SMILES string of the molecule is CCc1nnc(CNC2(c3ccc(OC(F)(F)F)cc3)CC2)o1. The fourth-order valence-electron chi connectivity index (χ4n) is 2.42. The molecular formula is C15H16F3N3O2. The molecule has 2 aromatic rings. The van der Waals surface area contributed by atoms with Crippen LogP contribution < -0.4 is 10.1 Å². The van der Waals surface area contributed by atoms with Crippen LogP contribution in [0.1, 0.15) is 37.1 Å². The van der Waals surface area contributed by atoms with Crippen LogP contribution in [0.25, 0.3) is 0 Å². The summed E-state index contributed by atoms with van der Waals surface area (Å²) in [6.45, 7) is 2.35. The van der Waals surface area contributed by atoms with Gasteiger partial charge in [0.05, 0.1) is 6.54 Å². The molecule has 1 N–H and O–H groups in total. The summed E-state index contributed by atoms with van der Waals surface area (Å²) < 4.78 is 45.8. The first-order valence-electron chi connectivity index (χ1n) is 7.33. The molecule has 1 heterocycles. The Hall–Kier alpha value is -2.09. The van der Waals surface area contributed by atoms with Crippen molar-refractivity contribution in [3.63, 3.8) is 0 Å². The molecule has 1 aromatic heterocycles. The molecule has 1 aliphatic rings. The molecule has 1 saturated carbocycles. The van der Waals surface area contributed by atoms with Gasteiger partial charge in [-0.25, -0.2) is 0 Å². The standard InChI is InChI=1S/C15H16F3N3O2/c1-2-12-20-21-13(22-12)9-19-14(7-8-14)10-3-5-11(6-4-10)23-15(16,17)18/h3-6,19H,2,7-9H2,1H3. The molecule has 0 radical (unpaired) electrons. The van der Waals surface area contributed by atoms with Crippen molar-refractivity contribution in [2.45, 2.75) is 44.6 Å². The second-order valence-electron chi connectivity index (χ2n) is 5.45. The number of aryl methyl sites for hydroxylation is 1. The summed E-state index contributed by atoms with van der Waals surface area (Å²) in [6.07, 6.45) is -2.19. The van der Waals surface area contributed by atoms with Gasteiger partial charge in [-0.1, -0.05) is 19.1 Å². The molecule has 23 heavy (non-hydrogen) atoms. The van der Waals surface area contributed by atoms with Gasteiger partial charge in [0, 0.05) is 12.0 Å². The van der Waals surface area contributed by atoms with Crippen molar-refractivity contribution in [2.75, 3.05) is 0 Å². The van der Waals surface area contributed by atoms with Crippen molar-refractivity contribution in [2.24, 2.45) is 0 Å². The highest BCUT2D eigenvalue weighted by Crippen LogP contribution is 2.46. The Bertz CT molecular complexity index is 663. The Morgan fingerprint density at radius 2 is 1.83 bits per heavy atom. The lowest BCUT2D eigenvalue weighted by Gasteiger charge is -2.17. The average molecular weight is 327 g/mol. The third-order valence-corrected chi connectivity index (χ3v) is 3.78. The first-order valence-corrected chi connectivity index (χ1v) is 7.33. The molecule has 0 amide bonds. The molecule has 1 aromatic carbocycles. The Labute approximate surface area is 130 Å². The fourth-order valence-corrected chi connectivity index (χ4v) is 2.42. The summed E-state index contributed by atoms with van der Waals surface area (Å²) in [7, 11) is 0. The van der Waals surface area contributed by atoms with Gasteiger partial charge in [-0.3, -0.25) is 5.32 Å². The minimum absolute atomic E-state index is 0.221. The van der Waals surface area contributed by atoms with Gasteiger partial charge in [0.2, 0.25) is 11.8 Å². The molecule has 0 atom stereocenters. The first-order chi connectivity index (χ1) is 10.9. The maximum atomic E-state index is 12.2. The highest BCUT2D eigenvalue weighted by molar-refractivity contribution is 5.35. The summed E-state index contributed by atoms with van der Waals surface area (Å²) in [6, 6.07) is 5.94. The lowest BCUT2D eigenvalue weighted by Crippen LogP contribution is -2.28. The summed E-state index contributed by atoms with van der Waals surface area (Å²) in [5, 5.41) is 11.2. The van der Waals surface area contributed by atoms with Crippen LogP contribution in [0.2, 0.25) is 0 Å². The van der Waals surface area contributed by atoms with Gasteiger partial charge in [-0.15, -0.1) is 23.4 Å². The molecule has 0 bridgehead atoms. The van der Waals surface area contributed by atoms with Gasteiger partial charge in [0.25, 0.3) is 0 Å². The first kappa shape index (κ1) is 15.8. The number of benzene rings is 1. The minimum Gasteiger partial charge on any atom is -0.424 e. The zero-order valence-electron chi connectivity index (χ0n) is 12.5. The number of aromatic nitrogens is 2. The van der Waals surface area contributed by atoms with E-state index in [1.54, 1.807) is 12.1 Å². The smallest absolute Gasteiger partial charge is 0.424 e. The van der Waals surface area contributed by atoms with Crippen LogP contribution in [-0.2, 0) is 18.5 Å². The fraction of sp³-hybridized carbons (Fsp3) is 0.467. The van der Waals surface area contributed by atoms with Crippen molar-refractivity contribution in [1.82, 2.24) is 15.5 Å². The van der Waals surface area contributed by atoms with Crippen LogP contribution >= 0.6 is 0 Å². The van der Waals surface area contributed by atoms with Crippen LogP contribution in [0.3, 0.4) is 0 Å². The van der Waals surface area contributed by atoms with Crippen LogP contribution in [0, 0.1) is 0 Å². The van der Waals surface area contributed by atoms with Gasteiger partial charge >= 0.3 is 6.36 Å².